The van der Waals surface area contributed by atoms with Gasteiger partial charge in [0, 0.05) is 5.71 Å². The third-order valence-corrected chi connectivity index (χ3v) is 2.39. The maximum absolute atomic E-state index is 4.42. The van der Waals surface area contributed by atoms with Crippen molar-refractivity contribution < 1.29 is 0 Å². The molecule has 0 aliphatic rings. The summed E-state index contributed by atoms with van der Waals surface area (Å²) in [7, 11) is 0. The summed E-state index contributed by atoms with van der Waals surface area (Å²) < 4.78 is 0.746. The van der Waals surface area contributed by atoms with Crippen molar-refractivity contribution in [2.24, 2.45) is 10.9 Å². The van der Waals surface area contributed by atoms with Gasteiger partial charge in [0.2, 0.25) is 0 Å². The van der Waals surface area contributed by atoms with Crippen molar-refractivity contribution in [3.05, 3.63) is 16.5 Å². The van der Waals surface area contributed by atoms with Gasteiger partial charge in [-0.2, -0.15) is 0 Å². The summed E-state index contributed by atoms with van der Waals surface area (Å²) in [6, 6.07) is 0. The quantitative estimate of drug-likeness (QED) is 0.761. The highest BCUT2D eigenvalue weighted by Crippen LogP contribution is 2.16. The molecular weight excluding hydrogens is 242 g/mol. The van der Waals surface area contributed by atoms with Crippen molar-refractivity contribution in [3.63, 3.8) is 0 Å². The lowest BCUT2D eigenvalue weighted by molar-refractivity contribution is 0.876. The van der Waals surface area contributed by atoms with Crippen LogP contribution >= 0.6 is 15.9 Å². The molecule has 0 aromatic carbocycles. The number of hydrogen-bond acceptors (Lipinski definition) is 3. The van der Waals surface area contributed by atoms with Gasteiger partial charge in [-0.15, -0.1) is 0 Å². The Hall–Kier alpha value is -0.770. The van der Waals surface area contributed by atoms with E-state index in [1.54, 1.807) is 6.20 Å². The van der Waals surface area contributed by atoms with Gasteiger partial charge in [-0.05, 0) is 35.7 Å². The molecule has 4 heteroatoms. The van der Waals surface area contributed by atoms with Gasteiger partial charge in [0.25, 0.3) is 0 Å². The number of hydrogen-bond donors (Lipinski definition) is 0. The van der Waals surface area contributed by atoms with Crippen LogP contribution in [0.2, 0.25) is 0 Å². The highest BCUT2D eigenvalue weighted by Gasteiger charge is 2.03. The number of halogens is 1. The van der Waals surface area contributed by atoms with Crippen LogP contribution in [0.1, 0.15) is 26.5 Å². The smallest absolute Gasteiger partial charge is 0.173 e. The van der Waals surface area contributed by atoms with Crippen molar-refractivity contribution >= 4 is 27.5 Å². The molecule has 3 nitrogen and oxygen atoms in total. The Kier molecular flexibility index (Phi) is 3.75. The molecule has 0 aliphatic carbocycles. The van der Waals surface area contributed by atoms with E-state index in [-0.39, 0.29) is 0 Å². The van der Waals surface area contributed by atoms with E-state index in [1.165, 1.54) is 0 Å². The average Bonchev–Trinajstić information content (AvgIpc) is 2.09. The summed E-state index contributed by atoms with van der Waals surface area (Å²) in [5.74, 6) is 1.15. The molecule has 0 radical (unpaired) electrons. The van der Waals surface area contributed by atoms with Gasteiger partial charge >= 0.3 is 0 Å². The fraction of sp³-hybridized carbons (Fsp3) is 0.500. The van der Waals surface area contributed by atoms with E-state index in [2.05, 4.69) is 44.7 Å². The molecule has 1 aromatic heterocycles. The molecule has 0 saturated carbocycles. The van der Waals surface area contributed by atoms with E-state index in [0.29, 0.717) is 11.7 Å². The maximum Gasteiger partial charge on any atom is 0.173 e. The lowest BCUT2D eigenvalue weighted by Crippen LogP contribution is -2.01. The first-order valence-electron chi connectivity index (χ1n) is 4.55. The molecule has 0 fully saturated rings. The zero-order chi connectivity index (χ0) is 10.7. The summed E-state index contributed by atoms with van der Waals surface area (Å²) in [5, 5.41) is 0. The molecule has 0 atom stereocenters. The predicted molar refractivity (Wildman–Crippen MR) is 62.1 cm³/mol. The Morgan fingerprint density at radius 2 is 2.14 bits per heavy atom. The molecule has 0 N–H and O–H groups in total. The van der Waals surface area contributed by atoms with Crippen LogP contribution in [0.4, 0.5) is 5.82 Å². The highest BCUT2D eigenvalue weighted by atomic mass is 79.9. The molecule has 0 bridgehead atoms. The van der Waals surface area contributed by atoms with Crippen molar-refractivity contribution in [1.29, 1.82) is 0 Å². The largest absolute Gasteiger partial charge is 0.241 e. The predicted octanol–water partition coefficient (Wildman–Crippen LogP) is 3.30. The zero-order valence-corrected chi connectivity index (χ0v) is 10.5. The minimum atomic E-state index is 0.444. The van der Waals surface area contributed by atoms with Gasteiger partial charge in [-0.25, -0.2) is 15.0 Å². The topological polar surface area (TPSA) is 38.1 Å². The van der Waals surface area contributed by atoms with E-state index in [4.69, 9.17) is 0 Å². The zero-order valence-electron chi connectivity index (χ0n) is 8.87. The molecule has 0 amide bonds. The van der Waals surface area contributed by atoms with Gasteiger partial charge < -0.3 is 0 Å². The van der Waals surface area contributed by atoms with Crippen LogP contribution in [0.15, 0.2) is 15.8 Å². The van der Waals surface area contributed by atoms with E-state index < -0.39 is 0 Å². The molecule has 0 unspecified atom stereocenters. The normalized spacial score (nSPS) is 12.3. The molecular formula is C10H14BrN3. The molecule has 1 aromatic rings. The Morgan fingerprint density at radius 1 is 1.50 bits per heavy atom. The third-order valence-electron chi connectivity index (χ3n) is 2.01. The first-order chi connectivity index (χ1) is 6.50. The number of aryl methyl sites for hydroxylation is 1. The fourth-order valence-corrected chi connectivity index (χ4v) is 1.22. The first-order valence-corrected chi connectivity index (χ1v) is 5.34. The monoisotopic (exact) mass is 255 g/mol. The lowest BCUT2D eigenvalue weighted by Gasteiger charge is -2.04. The third kappa shape index (κ3) is 2.87. The van der Waals surface area contributed by atoms with Gasteiger partial charge in [-0.3, -0.25) is 0 Å². The Labute approximate surface area is 92.8 Å². The minimum Gasteiger partial charge on any atom is -0.241 e. The van der Waals surface area contributed by atoms with Crippen LogP contribution in [-0.2, 0) is 0 Å². The highest BCUT2D eigenvalue weighted by molar-refractivity contribution is 9.10. The molecule has 0 spiro atoms. The summed E-state index contributed by atoms with van der Waals surface area (Å²) in [4.78, 5) is 12.9. The van der Waals surface area contributed by atoms with E-state index >= 15 is 0 Å². The Balaban J connectivity index is 3.03. The van der Waals surface area contributed by atoms with E-state index in [0.717, 1.165) is 16.0 Å². The maximum atomic E-state index is 4.42. The van der Waals surface area contributed by atoms with Crippen LogP contribution in [0.25, 0.3) is 0 Å². The number of rotatable bonds is 2. The summed E-state index contributed by atoms with van der Waals surface area (Å²) in [6.07, 6.45) is 1.67. The minimum absolute atomic E-state index is 0.444. The van der Waals surface area contributed by atoms with Gasteiger partial charge in [0.15, 0.2) is 5.82 Å². The van der Waals surface area contributed by atoms with Crippen LogP contribution < -0.4 is 0 Å². The molecule has 0 aliphatic heterocycles. The molecule has 0 saturated heterocycles. The van der Waals surface area contributed by atoms with Crippen LogP contribution in [-0.4, -0.2) is 15.7 Å². The van der Waals surface area contributed by atoms with Gasteiger partial charge in [-0.1, -0.05) is 13.8 Å². The van der Waals surface area contributed by atoms with E-state index in [1.807, 2.05) is 13.8 Å². The second-order valence-electron chi connectivity index (χ2n) is 3.51. The summed E-state index contributed by atoms with van der Waals surface area (Å²) in [6.45, 7) is 8.14. The lowest BCUT2D eigenvalue weighted by atomic mass is 10.1. The molecule has 76 valence electrons. The van der Waals surface area contributed by atoms with Gasteiger partial charge in [0.1, 0.15) is 4.60 Å². The Bertz CT molecular complexity index is 358. The fourth-order valence-electron chi connectivity index (χ4n) is 0.853. The number of nitrogens with zero attached hydrogens (tertiary/aromatic N) is 3. The van der Waals surface area contributed by atoms with Crippen LogP contribution in [0.3, 0.4) is 0 Å². The second kappa shape index (κ2) is 4.64. The van der Waals surface area contributed by atoms with Crippen LogP contribution in [0, 0.1) is 12.8 Å². The Morgan fingerprint density at radius 3 is 2.64 bits per heavy atom. The molecule has 14 heavy (non-hydrogen) atoms. The van der Waals surface area contributed by atoms with Crippen LogP contribution in [0.5, 0.6) is 0 Å². The second-order valence-corrected chi connectivity index (χ2v) is 4.32. The van der Waals surface area contributed by atoms with Crippen molar-refractivity contribution in [1.82, 2.24) is 9.97 Å². The standard InChI is InChI=1S/C10H14BrN3/c1-6(2)7(3)14-10-8(4)13-9(11)5-12-10/h5-6H,1-4H3. The number of aromatic nitrogens is 2. The summed E-state index contributed by atoms with van der Waals surface area (Å²) in [5.41, 5.74) is 1.92. The number of aliphatic imine (C=N–C) groups is 1. The molecule has 1 heterocycles. The first kappa shape index (κ1) is 11.3. The summed E-state index contributed by atoms with van der Waals surface area (Å²) >= 11 is 3.27. The van der Waals surface area contributed by atoms with Gasteiger partial charge in [0.05, 0.1) is 11.9 Å². The van der Waals surface area contributed by atoms with Crippen molar-refractivity contribution in [2.75, 3.05) is 0 Å². The molecule has 1 rings (SSSR count). The van der Waals surface area contributed by atoms with Crippen molar-refractivity contribution in [2.45, 2.75) is 27.7 Å². The van der Waals surface area contributed by atoms with E-state index in [9.17, 15) is 0 Å². The SMILES string of the molecule is CC(=Nc1ncc(Br)nc1C)C(C)C. The average molecular weight is 256 g/mol. The van der Waals surface area contributed by atoms with Crippen molar-refractivity contribution in [3.8, 4) is 0 Å².